The van der Waals surface area contributed by atoms with Crippen LogP contribution in [0.25, 0.3) is 0 Å². The van der Waals surface area contributed by atoms with Crippen molar-refractivity contribution in [1.82, 2.24) is 10.2 Å². The van der Waals surface area contributed by atoms with E-state index in [0.29, 0.717) is 5.54 Å². The Hall–Kier alpha value is -0.120. The lowest BCUT2D eigenvalue weighted by molar-refractivity contribution is 0.0566. The number of hydrogen-bond donors (Lipinski definition) is 1. The predicted molar refractivity (Wildman–Crippen MR) is 55.0 cm³/mol. The molecule has 1 spiro atoms. The minimum absolute atomic E-state index is 0.311. The van der Waals surface area contributed by atoms with Crippen LogP contribution >= 0.6 is 0 Å². The monoisotopic (exact) mass is 186 g/mol. The summed E-state index contributed by atoms with van der Waals surface area (Å²) in [5, 5.41) is 3.46. The van der Waals surface area contributed by atoms with E-state index < -0.39 is 0 Å². The highest BCUT2D eigenvalue weighted by atomic mass is 16.5. The Kier molecular flexibility index (Phi) is 4.16. The summed E-state index contributed by atoms with van der Waals surface area (Å²) in [5.41, 5.74) is 0.311. The summed E-state index contributed by atoms with van der Waals surface area (Å²) in [6, 6.07) is 0. The van der Waals surface area contributed by atoms with Gasteiger partial charge in [0.25, 0.3) is 0 Å². The van der Waals surface area contributed by atoms with Crippen LogP contribution in [0, 0.1) is 0 Å². The van der Waals surface area contributed by atoms with Crippen LogP contribution in [-0.2, 0) is 4.74 Å². The molecule has 0 bridgehead atoms. The Bertz CT molecular complexity index is 146. The van der Waals surface area contributed by atoms with Crippen LogP contribution in [0.2, 0.25) is 0 Å². The molecule has 13 heavy (non-hydrogen) atoms. The van der Waals surface area contributed by atoms with Crippen LogP contribution in [-0.4, -0.2) is 50.3 Å². The highest BCUT2D eigenvalue weighted by Gasteiger charge is 2.38. The normalized spacial score (nSPS) is 34.4. The molecular weight excluding hydrogens is 164 g/mol. The lowest BCUT2D eigenvalue weighted by Gasteiger charge is -2.43. The molecule has 2 saturated heterocycles. The van der Waals surface area contributed by atoms with Crippen LogP contribution in [0.4, 0.5) is 0 Å². The molecule has 0 amide bonds. The maximum Gasteiger partial charge on any atom is 0.0662 e. The number of nitrogens with zero attached hydrogens (tertiary/aromatic N) is 1. The second kappa shape index (κ2) is 4.94. The number of ether oxygens (including phenoxy) is 1. The van der Waals surface area contributed by atoms with Gasteiger partial charge in [-0.3, -0.25) is 0 Å². The second-order valence-corrected chi connectivity index (χ2v) is 3.75. The third-order valence-corrected chi connectivity index (χ3v) is 2.67. The van der Waals surface area contributed by atoms with Crippen molar-refractivity contribution < 1.29 is 4.74 Å². The van der Waals surface area contributed by atoms with Gasteiger partial charge in [0.1, 0.15) is 0 Å². The van der Waals surface area contributed by atoms with E-state index in [9.17, 15) is 0 Å². The van der Waals surface area contributed by atoms with Crippen molar-refractivity contribution in [3.8, 4) is 0 Å². The van der Waals surface area contributed by atoms with Gasteiger partial charge in [0.15, 0.2) is 0 Å². The van der Waals surface area contributed by atoms with Crippen molar-refractivity contribution >= 4 is 0 Å². The number of hydrogen-bond acceptors (Lipinski definition) is 3. The SMILES string of the molecule is CC.CN1CCOCC2(CCN2)C1. The molecule has 2 fully saturated rings. The maximum atomic E-state index is 5.52. The number of likely N-dealkylation sites (N-methyl/N-ethyl adjacent to an activating group) is 1. The zero-order valence-corrected chi connectivity index (χ0v) is 9.10. The lowest BCUT2D eigenvalue weighted by atomic mass is 9.88. The van der Waals surface area contributed by atoms with E-state index in [4.69, 9.17) is 4.74 Å². The van der Waals surface area contributed by atoms with Gasteiger partial charge < -0.3 is 15.0 Å². The van der Waals surface area contributed by atoms with Crippen molar-refractivity contribution in [2.24, 2.45) is 0 Å². The first-order valence-corrected chi connectivity index (χ1v) is 5.32. The van der Waals surface area contributed by atoms with E-state index in [1.165, 1.54) is 6.42 Å². The first-order valence-electron chi connectivity index (χ1n) is 5.32. The van der Waals surface area contributed by atoms with Gasteiger partial charge in [-0.05, 0) is 20.0 Å². The minimum atomic E-state index is 0.311. The van der Waals surface area contributed by atoms with Crippen LogP contribution in [0.3, 0.4) is 0 Å². The third kappa shape index (κ3) is 2.66. The highest BCUT2D eigenvalue weighted by molar-refractivity contribution is 4.99. The fourth-order valence-corrected chi connectivity index (χ4v) is 1.87. The van der Waals surface area contributed by atoms with Crippen molar-refractivity contribution in [3.05, 3.63) is 0 Å². The van der Waals surface area contributed by atoms with Gasteiger partial charge in [0, 0.05) is 13.1 Å². The lowest BCUT2D eigenvalue weighted by Crippen LogP contribution is -2.64. The fourth-order valence-electron chi connectivity index (χ4n) is 1.87. The van der Waals surface area contributed by atoms with E-state index >= 15 is 0 Å². The summed E-state index contributed by atoms with van der Waals surface area (Å²) in [6.45, 7) is 9.17. The van der Waals surface area contributed by atoms with Gasteiger partial charge in [-0.15, -0.1) is 0 Å². The topological polar surface area (TPSA) is 24.5 Å². The maximum absolute atomic E-state index is 5.52. The Morgan fingerprint density at radius 1 is 1.38 bits per heavy atom. The molecule has 0 aromatic heterocycles. The molecule has 1 atom stereocenters. The van der Waals surface area contributed by atoms with E-state index in [2.05, 4.69) is 17.3 Å². The van der Waals surface area contributed by atoms with Crippen molar-refractivity contribution in [2.45, 2.75) is 25.8 Å². The van der Waals surface area contributed by atoms with Crippen molar-refractivity contribution in [3.63, 3.8) is 0 Å². The van der Waals surface area contributed by atoms with Crippen molar-refractivity contribution in [2.75, 3.05) is 39.9 Å². The predicted octanol–water partition coefficient (Wildman–Crippen LogP) is 0.707. The molecule has 3 heteroatoms. The van der Waals surface area contributed by atoms with E-state index in [1.54, 1.807) is 0 Å². The molecule has 0 radical (unpaired) electrons. The molecule has 1 N–H and O–H groups in total. The summed E-state index contributed by atoms with van der Waals surface area (Å²) in [5.74, 6) is 0. The molecule has 0 aliphatic carbocycles. The second-order valence-electron chi connectivity index (χ2n) is 3.75. The summed E-state index contributed by atoms with van der Waals surface area (Å²) in [6.07, 6.45) is 1.28. The van der Waals surface area contributed by atoms with E-state index in [0.717, 1.165) is 32.8 Å². The highest BCUT2D eigenvalue weighted by Crippen LogP contribution is 2.21. The molecule has 2 rings (SSSR count). The summed E-state index contributed by atoms with van der Waals surface area (Å²) in [7, 11) is 2.16. The summed E-state index contributed by atoms with van der Waals surface area (Å²) >= 11 is 0. The molecule has 78 valence electrons. The van der Waals surface area contributed by atoms with Crippen LogP contribution in [0.5, 0.6) is 0 Å². The average Bonchev–Trinajstić information content (AvgIpc) is 2.29. The van der Waals surface area contributed by atoms with Gasteiger partial charge in [-0.25, -0.2) is 0 Å². The van der Waals surface area contributed by atoms with Crippen LogP contribution in [0.15, 0.2) is 0 Å². The Morgan fingerprint density at radius 3 is 2.62 bits per heavy atom. The smallest absolute Gasteiger partial charge is 0.0662 e. The zero-order valence-electron chi connectivity index (χ0n) is 9.10. The molecule has 0 aromatic rings. The molecule has 0 saturated carbocycles. The van der Waals surface area contributed by atoms with Gasteiger partial charge >= 0.3 is 0 Å². The molecular formula is C10H22N2O. The van der Waals surface area contributed by atoms with Crippen molar-refractivity contribution in [1.29, 1.82) is 0 Å². The van der Waals surface area contributed by atoms with Gasteiger partial charge in [0.2, 0.25) is 0 Å². The quantitative estimate of drug-likeness (QED) is 0.603. The Morgan fingerprint density at radius 2 is 2.08 bits per heavy atom. The first-order chi connectivity index (χ1) is 6.31. The van der Waals surface area contributed by atoms with E-state index in [1.807, 2.05) is 13.8 Å². The van der Waals surface area contributed by atoms with Gasteiger partial charge in [-0.1, -0.05) is 13.8 Å². The molecule has 3 nitrogen and oxygen atoms in total. The largest absolute Gasteiger partial charge is 0.378 e. The van der Waals surface area contributed by atoms with Gasteiger partial charge in [-0.2, -0.15) is 0 Å². The molecule has 0 aromatic carbocycles. The zero-order chi connectivity index (χ0) is 9.73. The fraction of sp³-hybridized carbons (Fsp3) is 1.00. The Balaban J connectivity index is 0.000000396. The van der Waals surface area contributed by atoms with Gasteiger partial charge in [0.05, 0.1) is 18.8 Å². The molecule has 2 aliphatic rings. The number of nitrogens with one attached hydrogen (secondary N) is 1. The average molecular weight is 186 g/mol. The molecule has 1 unspecified atom stereocenters. The third-order valence-electron chi connectivity index (χ3n) is 2.67. The van der Waals surface area contributed by atoms with E-state index in [-0.39, 0.29) is 0 Å². The summed E-state index contributed by atoms with van der Waals surface area (Å²) < 4.78 is 5.52. The Labute approximate surface area is 81.4 Å². The first kappa shape index (κ1) is 11.0. The number of rotatable bonds is 0. The van der Waals surface area contributed by atoms with Crippen LogP contribution < -0.4 is 5.32 Å². The minimum Gasteiger partial charge on any atom is -0.378 e. The summed E-state index contributed by atoms with van der Waals surface area (Å²) in [4.78, 5) is 2.35. The van der Waals surface area contributed by atoms with Crippen LogP contribution in [0.1, 0.15) is 20.3 Å². The molecule has 2 heterocycles. The molecule has 2 aliphatic heterocycles. The standard InChI is InChI=1S/C8H16N2O.C2H6/c1-10-4-5-11-7-8(6-10)2-3-9-8;1-2/h9H,2-7H2,1H3;1-2H3.